The van der Waals surface area contributed by atoms with Crippen molar-refractivity contribution >= 4 is 0 Å². The average Bonchev–Trinajstić information content (AvgIpc) is 2.41. The molecule has 19 heavy (non-hydrogen) atoms. The van der Waals surface area contributed by atoms with Gasteiger partial charge in [0.2, 0.25) is 0 Å². The molecule has 1 aromatic carbocycles. The topological polar surface area (TPSA) is 41.3 Å². The first-order valence-corrected chi connectivity index (χ1v) is 7.34. The van der Waals surface area contributed by atoms with E-state index in [0.29, 0.717) is 0 Å². The molecule has 3 N–H and O–H groups in total. The van der Waals surface area contributed by atoms with Crippen LogP contribution in [0.5, 0.6) is 0 Å². The molecule has 2 rings (SSSR count). The molecule has 0 amide bonds. The molecule has 0 aliphatic carbocycles. The van der Waals surface area contributed by atoms with E-state index in [2.05, 4.69) is 43.1 Å². The van der Waals surface area contributed by atoms with Crippen molar-refractivity contribution in [3.05, 3.63) is 34.4 Å². The van der Waals surface area contributed by atoms with E-state index in [9.17, 15) is 0 Å². The summed E-state index contributed by atoms with van der Waals surface area (Å²) in [5.74, 6) is 0. The molecule has 0 radical (unpaired) electrons. The van der Waals surface area contributed by atoms with Gasteiger partial charge >= 0.3 is 0 Å². The van der Waals surface area contributed by atoms with Crippen LogP contribution >= 0.6 is 0 Å². The maximum Gasteiger partial charge on any atom is 0.0309 e. The van der Waals surface area contributed by atoms with E-state index in [4.69, 9.17) is 5.73 Å². The van der Waals surface area contributed by atoms with Crippen LogP contribution in [0.3, 0.4) is 0 Å². The number of piperazine rings is 1. The maximum atomic E-state index is 6.39. The monoisotopic (exact) mass is 261 g/mol. The van der Waals surface area contributed by atoms with Crippen molar-refractivity contribution in [3.63, 3.8) is 0 Å². The van der Waals surface area contributed by atoms with Crippen LogP contribution in [-0.2, 0) is 0 Å². The summed E-state index contributed by atoms with van der Waals surface area (Å²) >= 11 is 0. The molecule has 1 fully saturated rings. The number of hydrogen-bond donors (Lipinski definition) is 2. The van der Waals surface area contributed by atoms with Gasteiger partial charge in [-0.05, 0) is 49.4 Å². The van der Waals surface area contributed by atoms with Gasteiger partial charge in [-0.25, -0.2) is 0 Å². The molecule has 1 aliphatic heterocycles. The fraction of sp³-hybridized carbons (Fsp3) is 0.625. The van der Waals surface area contributed by atoms with Gasteiger partial charge in [0.15, 0.2) is 0 Å². The molecule has 1 heterocycles. The molecule has 0 spiro atoms. The van der Waals surface area contributed by atoms with Crippen molar-refractivity contribution in [1.82, 2.24) is 10.2 Å². The third-order valence-electron chi connectivity index (χ3n) is 4.25. The fourth-order valence-electron chi connectivity index (χ4n) is 2.79. The highest BCUT2D eigenvalue weighted by Crippen LogP contribution is 2.22. The van der Waals surface area contributed by atoms with E-state index in [-0.39, 0.29) is 6.04 Å². The Bertz CT molecular complexity index is 422. The molecule has 0 saturated carbocycles. The SMILES string of the molecule is Cc1cc(C)c(C(N)CCN2CCNCC2)cc1C. The highest BCUT2D eigenvalue weighted by Gasteiger charge is 2.14. The van der Waals surface area contributed by atoms with Crippen molar-refractivity contribution in [2.75, 3.05) is 32.7 Å². The number of nitrogens with two attached hydrogens (primary N) is 1. The Morgan fingerprint density at radius 2 is 1.74 bits per heavy atom. The Morgan fingerprint density at radius 3 is 2.42 bits per heavy atom. The minimum atomic E-state index is 0.161. The Kier molecular flexibility index (Phi) is 4.97. The van der Waals surface area contributed by atoms with Crippen LogP contribution in [-0.4, -0.2) is 37.6 Å². The first-order chi connectivity index (χ1) is 9.08. The van der Waals surface area contributed by atoms with Crippen LogP contribution < -0.4 is 11.1 Å². The molecule has 106 valence electrons. The van der Waals surface area contributed by atoms with Crippen LogP contribution in [0.1, 0.15) is 34.7 Å². The lowest BCUT2D eigenvalue weighted by atomic mass is 9.94. The summed E-state index contributed by atoms with van der Waals surface area (Å²) in [4.78, 5) is 2.51. The third kappa shape index (κ3) is 3.78. The van der Waals surface area contributed by atoms with Crippen molar-refractivity contribution in [1.29, 1.82) is 0 Å². The van der Waals surface area contributed by atoms with Crippen molar-refractivity contribution in [3.8, 4) is 0 Å². The van der Waals surface area contributed by atoms with Gasteiger partial charge in [0.1, 0.15) is 0 Å². The first kappa shape index (κ1) is 14.5. The van der Waals surface area contributed by atoms with E-state index < -0.39 is 0 Å². The Hall–Kier alpha value is -0.900. The van der Waals surface area contributed by atoms with E-state index >= 15 is 0 Å². The quantitative estimate of drug-likeness (QED) is 0.870. The summed E-state index contributed by atoms with van der Waals surface area (Å²) in [7, 11) is 0. The lowest BCUT2D eigenvalue weighted by Crippen LogP contribution is -2.44. The molecule has 1 saturated heterocycles. The summed E-state index contributed by atoms with van der Waals surface area (Å²) < 4.78 is 0. The first-order valence-electron chi connectivity index (χ1n) is 7.34. The lowest BCUT2D eigenvalue weighted by Gasteiger charge is -2.28. The van der Waals surface area contributed by atoms with Gasteiger partial charge in [-0.3, -0.25) is 0 Å². The minimum Gasteiger partial charge on any atom is -0.324 e. The summed E-state index contributed by atoms with van der Waals surface area (Å²) in [5, 5.41) is 3.38. The molecule has 0 aromatic heterocycles. The summed E-state index contributed by atoms with van der Waals surface area (Å²) in [6.07, 6.45) is 1.04. The van der Waals surface area contributed by atoms with E-state index in [1.54, 1.807) is 0 Å². The second-order valence-electron chi connectivity index (χ2n) is 5.78. The van der Waals surface area contributed by atoms with Gasteiger partial charge in [-0.1, -0.05) is 12.1 Å². The number of aryl methyl sites for hydroxylation is 3. The number of rotatable bonds is 4. The molecule has 1 unspecified atom stereocenters. The second kappa shape index (κ2) is 6.51. The molecule has 1 aliphatic rings. The Labute approximate surface area is 117 Å². The molecule has 3 nitrogen and oxygen atoms in total. The fourth-order valence-corrected chi connectivity index (χ4v) is 2.79. The van der Waals surface area contributed by atoms with Gasteiger partial charge in [0.05, 0.1) is 0 Å². The van der Waals surface area contributed by atoms with Crippen molar-refractivity contribution < 1.29 is 0 Å². The zero-order chi connectivity index (χ0) is 13.8. The Balaban J connectivity index is 1.95. The number of hydrogen-bond acceptors (Lipinski definition) is 3. The van der Waals surface area contributed by atoms with Crippen molar-refractivity contribution in [2.45, 2.75) is 33.2 Å². The third-order valence-corrected chi connectivity index (χ3v) is 4.25. The molecular weight excluding hydrogens is 234 g/mol. The van der Waals surface area contributed by atoms with Crippen molar-refractivity contribution in [2.24, 2.45) is 5.73 Å². The highest BCUT2D eigenvalue weighted by atomic mass is 15.2. The minimum absolute atomic E-state index is 0.161. The van der Waals surface area contributed by atoms with Crippen LogP contribution in [0.2, 0.25) is 0 Å². The van der Waals surface area contributed by atoms with E-state index in [1.807, 2.05) is 0 Å². The molecule has 1 aromatic rings. The highest BCUT2D eigenvalue weighted by molar-refractivity contribution is 5.38. The van der Waals surface area contributed by atoms with Gasteiger partial charge in [-0.2, -0.15) is 0 Å². The number of benzene rings is 1. The van der Waals surface area contributed by atoms with Crippen LogP contribution in [0, 0.1) is 20.8 Å². The van der Waals surface area contributed by atoms with Gasteiger partial charge in [-0.15, -0.1) is 0 Å². The van der Waals surface area contributed by atoms with E-state index in [0.717, 1.165) is 39.1 Å². The van der Waals surface area contributed by atoms with Crippen LogP contribution in [0.25, 0.3) is 0 Å². The molecule has 0 bridgehead atoms. The summed E-state index contributed by atoms with van der Waals surface area (Å²) in [6, 6.07) is 4.69. The molecule has 3 heteroatoms. The number of nitrogens with zero attached hydrogens (tertiary/aromatic N) is 1. The zero-order valence-electron chi connectivity index (χ0n) is 12.5. The van der Waals surface area contributed by atoms with E-state index in [1.165, 1.54) is 22.3 Å². The molecule has 1 atom stereocenters. The second-order valence-corrected chi connectivity index (χ2v) is 5.78. The number of nitrogens with one attached hydrogen (secondary N) is 1. The normalized spacial score (nSPS) is 18.5. The van der Waals surface area contributed by atoms with Gasteiger partial charge in [0.25, 0.3) is 0 Å². The van der Waals surface area contributed by atoms with Crippen LogP contribution in [0.4, 0.5) is 0 Å². The summed E-state index contributed by atoms with van der Waals surface area (Å²) in [5.41, 5.74) is 11.7. The molecular formula is C16H27N3. The van der Waals surface area contributed by atoms with Gasteiger partial charge in [0, 0.05) is 38.8 Å². The van der Waals surface area contributed by atoms with Gasteiger partial charge < -0.3 is 16.0 Å². The average molecular weight is 261 g/mol. The smallest absolute Gasteiger partial charge is 0.0309 e. The lowest BCUT2D eigenvalue weighted by molar-refractivity contribution is 0.233. The Morgan fingerprint density at radius 1 is 1.11 bits per heavy atom. The zero-order valence-corrected chi connectivity index (χ0v) is 12.5. The summed E-state index contributed by atoms with van der Waals surface area (Å²) in [6.45, 7) is 12.1. The predicted molar refractivity (Wildman–Crippen MR) is 81.5 cm³/mol. The maximum absolute atomic E-state index is 6.39. The standard InChI is InChI=1S/C16H27N3/c1-12-10-14(3)15(11-13(12)2)16(17)4-7-19-8-5-18-6-9-19/h10-11,16,18H,4-9,17H2,1-3H3. The largest absolute Gasteiger partial charge is 0.324 e. The predicted octanol–water partition coefficient (Wildman–Crippen LogP) is 1.91. The van der Waals surface area contributed by atoms with Crippen LogP contribution in [0.15, 0.2) is 12.1 Å².